The van der Waals surface area contributed by atoms with Gasteiger partial charge in [0.2, 0.25) is 0 Å². The van der Waals surface area contributed by atoms with E-state index in [2.05, 4.69) is 0 Å². The number of halogens is 3. The van der Waals surface area contributed by atoms with Crippen molar-refractivity contribution < 1.29 is 13.5 Å². The highest BCUT2D eigenvalue weighted by molar-refractivity contribution is 5.85. The first-order valence-corrected chi connectivity index (χ1v) is 4.80. The van der Waals surface area contributed by atoms with E-state index in [1.54, 1.807) is 0 Å². The molecule has 3 atom stereocenters. The van der Waals surface area contributed by atoms with Crippen LogP contribution >= 0.6 is 12.4 Å². The first-order valence-electron chi connectivity index (χ1n) is 4.80. The Morgan fingerprint density at radius 3 is 2.14 bits per heavy atom. The molecule has 0 amide bonds. The van der Waals surface area contributed by atoms with Gasteiger partial charge in [-0.1, -0.05) is 0 Å². The summed E-state index contributed by atoms with van der Waals surface area (Å²) in [7, 11) is 0. The standard InChI is InChI=1S/C9H15F2NO.ClH/c10-9(11)7-1-6(3-12)2-8(9)5-13-4-7;/h6-8H,1-5,12H2;1H/t6?,7-,8+;. The molecule has 0 aromatic rings. The number of nitrogens with two attached hydrogens (primary N) is 1. The zero-order chi connectivity index (χ0) is 9.47. The van der Waals surface area contributed by atoms with E-state index in [1.165, 1.54) is 0 Å². The van der Waals surface area contributed by atoms with Crippen molar-refractivity contribution in [1.29, 1.82) is 0 Å². The molecule has 0 aromatic heterocycles. The average Bonchev–Trinajstić information content (AvgIpc) is 2.02. The molecule has 0 aromatic carbocycles. The highest BCUT2D eigenvalue weighted by atomic mass is 35.5. The Morgan fingerprint density at radius 2 is 1.71 bits per heavy atom. The topological polar surface area (TPSA) is 35.2 Å². The fraction of sp³-hybridized carbons (Fsp3) is 1.00. The van der Waals surface area contributed by atoms with Crippen molar-refractivity contribution in [1.82, 2.24) is 0 Å². The molecule has 1 aliphatic heterocycles. The van der Waals surface area contributed by atoms with Gasteiger partial charge in [0, 0.05) is 11.8 Å². The van der Waals surface area contributed by atoms with Crippen LogP contribution in [0.4, 0.5) is 8.78 Å². The van der Waals surface area contributed by atoms with Crippen molar-refractivity contribution in [3.05, 3.63) is 0 Å². The largest absolute Gasteiger partial charge is 0.380 e. The van der Waals surface area contributed by atoms with Gasteiger partial charge < -0.3 is 10.5 Å². The summed E-state index contributed by atoms with van der Waals surface area (Å²) in [6, 6.07) is 0. The van der Waals surface area contributed by atoms with E-state index in [0.717, 1.165) is 0 Å². The molecule has 0 radical (unpaired) electrons. The van der Waals surface area contributed by atoms with E-state index < -0.39 is 17.8 Å². The molecule has 2 bridgehead atoms. The third-order valence-electron chi connectivity index (χ3n) is 3.30. The molecular weight excluding hydrogens is 212 g/mol. The van der Waals surface area contributed by atoms with Crippen LogP contribution in [0, 0.1) is 17.8 Å². The Kier molecular flexibility index (Phi) is 3.72. The van der Waals surface area contributed by atoms with Crippen LogP contribution in [0.5, 0.6) is 0 Å². The first-order chi connectivity index (χ1) is 6.14. The minimum Gasteiger partial charge on any atom is -0.380 e. The molecule has 2 nitrogen and oxygen atoms in total. The Bertz CT molecular complexity index is 187. The number of ether oxygens (including phenoxy) is 1. The lowest BCUT2D eigenvalue weighted by molar-refractivity contribution is -0.212. The minimum absolute atomic E-state index is 0. The van der Waals surface area contributed by atoms with E-state index >= 15 is 0 Å². The molecule has 1 saturated heterocycles. The monoisotopic (exact) mass is 227 g/mol. The van der Waals surface area contributed by atoms with Crippen LogP contribution in [0.1, 0.15) is 12.8 Å². The number of hydrogen-bond acceptors (Lipinski definition) is 2. The Labute approximate surface area is 88.6 Å². The van der Waals surface area contributed by atoms with Crippen LogP contribution in [-0.4, -0.2) is 25.7 Å². The highest BCUT2D eigenvalue weighted by Gasteiger charge is 2.53. The van der Waals surface area contributed by atoms with Gasteiger partial charge in [0.05, 0.1) is 13.2 Å². The maximum atomic E-state index is 13.5. The van der Waals surface area contributed by atoms with Crippen molar-refractivity contribution in [3.8, 4) is 0 Å². The summed E-state index contributed by atoms with van der Waals surface area (Å²) in [5.74, 6) is -3.41. The van der Waals surface area contributed by atoms with Crippen LogP contribution in [0.2, 0.25) is 0 Å². The number of rotatable bonds is 1. The van der Waals surface area contributed by atoms with Crippen LogP contribution in [0.3, 0.4) is 0 Å². The lowest BCUT2D eigenvalue weighted by Crippen LogP contribution is -2.51. The third-order valence-corrected chi connectivity index (χ3v) is 3.30. The van der Waals surface area contributed by atoms with Gasteiger partial charge in [-0.05, 0) is 25.3 Å². The van der Waals surface area contributed by atoms with Gasteiger partial charge in [0.15, 0.2) is 0 Å². The van der Waals surface area contributed by atoms with Gasteiger partial charge in [-0.25, -0.2) is 8.78 Å². The van der Waals surface area contributed by atoms with E-state index in [4.69, 9.17) is 10.5 Å². The van der Waals surface area contributed by atoms with Crippen LogP contribution in [0.25, 0.3) is 0 Å². The SMILES string of the molecule is Cl.NCC1C[C@H]2COC[C@@H](C1)C2(F)F. The molecule has 5 heteroatoms. The second-order valence-electron chi connectivity index (χ2n) is 4.18. The average molecular weight is 228 g/mol. The van der Waals surface area contributed by atoms with E-state index in [9.17, 15) is 8.78 Å². The van der Waals surface area contributed by atoms with E-state index in [1.807, 2.05) is 0 Å². The van der Waals surface area contributed by atoms with Gasteiger partial charge in [-0.2, -0.15) is 0 Å². The minimum atomic E-state index is -2.51. The molecule has 2 rings (SSSR count). The summed E-state index contributed by atoms with van der Waals surface area (Å²) < 4.78 is 32.1. The predicted octanol–water partition coefficient (Wildman–Crippen LogP) is 1.67. The van der Waals surface area contributed by atoms with Gasteiger partial charge in [-0.3, -0.25) is 0 Å². The van der Waals surface area contributed by atoms with Crippen molar-refractivity contribution >= 4 is 12.4 Å². The number of hydrogen-bond donors (Lipinski definition) is 1. The molecule has 14 heavy (non-hydrogen) atoms. The lowest BCUT2D eigenvalue weighted by atomic mass is 9.71. The van der Waals surface area contributed by atoms with Crippen LogP contribution in [-0.2, 0) is 4.74 Å². The van der Waals surface area contributed by atoms with E-state index in [-0.39, 0.29) is 31.5 Å². The smallest absolute Gasteiger partial charge is 0.258 e. The summed E-state index contributed by atoms with van der Waals surface area (Å²) >= 11 is 0. The zero-order valence-corrected chi connectivity index (χ0v) is 8.73. The number of fused-ring (bicyclic) bond motifs is 2. The molecule has 2 fully saturated rings. The Hall–Kier alpha value is 0.0700. The van der Waals surface area contributed by atoms with Crippen molar-refractivity contribution in [2.45, 2.75) is 18.8 Å². The van der Waals surface area contributed by atoms with Crippen molar-refractivity contribution in [3.63, 3.8) is 0 Å². The lowest BCUT2D eigenvalue weighted by Gasteiger charge is -2.44. The summed E-state index contributed by atoms with van der Waals surface area (Å²) in [6.07, 6.45) is 1.06. The maximum Gasteiger partial charge on any atom is 0.258 e. The summed E-state index contributed by atoms with van der Waals surface area (Å²) in [4.78, 5) is 0. The molecule has 1 aliphatic carbocycles. The van der Waals surface area contributed by atoms with Crippen molar-refractivity contribution in [2.75, 3.05) is 19.8 Å². The molecule has 1 saturated carbocycles. The normalized spacial score (nSPS) is 40.1. The fourth-order valence-electron chi connectivity index (χ4n) is 2.45. The predicted molar refractivity (Wildman–Crippen MR) is 51.8 cm³/mol. The van der Waals surface area contributed by atoms with Crippen LogP contribution in [0.15, 0.2) is 0 Å². The quantitative estimate of drug-likeness (QED) is 0.740. The zero-order valence-electron chi connectivity index (χ0n) is 7.92. The molecule has 1 unspecified atom stereocenters. The summed E-state index contributed by atoms with van der Waals surface area (Å²) in [6.45, 7) is 0.948. The highest BCUT2D eigenvalue weighted by Crippen LogP contribution is 2.47. The maximum absolute atomic E-state index is 13.5. The van der Waals surface area contributed by atoms with Crippen molar-refractivity contribution in [2.24, 2.45) is 23.5 Å². The Balaban J connectivity index is 0.000000980. The van der Waals surface area contributed by atoms with Gasteiger partial charge >= 0.3 is 0 Å². The summed E-state index contributed by atoms with van der Waals surface area (Å²) in [5, 5.41) is 0. The molecule has 1 heterocycles. The molecule has 84 valence electrons. The molecule has 2 N–H and O–H groups in total. The molecule has 2 aliphatic rings. The third kappa shape index (κ3) is 1.88. The fourth-order valence-corrected chi connectivity index (χ4v) is 2.45. The number of alkyl halides is 2. The van der Waals surface area contributed by atoms with Gasteiger partial charge in [0.25, 0.3) is 5.92 Å². The second-order valence-corrected chi connectivity index (χ2v) is 4.18. The first kappa shape index (κ1) is 12.1. The molecular formula is C9H16ClF2NO. The summed E-state index contributed by atoms with van der Waals surface area (Å²) in [5.41, 5.74) is 5.51. The Morgan fingerprint density at radius 1 is 1.21 bits per heavy atom. The van der Waals surface area contributed by atoms with Gasteiger partial charge in [0.1, 0.15) is 0 Å². The van der Waals surface area contributed by atoms with Gasteiger partial charge in [-0.15, -0.1) is 12.4 Å². The van der Waals surface area contributed by atoms with Crippen LogP contribution < -0.4 is 5.73 Å². The second kappa shape index (κ2) is 4.29. The van der Waals surface area contributed by atoms with E-state index in [0.29, 0.717) is 19.4 Å². The molecule has 0 spiro atoms.